The molecular weight excluding hydrogens is 228 g/mol. The number of nitrogens with two attached hydrogens (primary N) is 1. The van der Waals surface area contributed by atoms with Crippen molar-refractivity contribution in [1.29, 1.82) is 0 Å². The molecule has 1 aromatic rings. The third-order valence-electron chi connectivity index (χ3n) is 3.68. The molecule has 0 radical (unpaired) electrons. The Morgan fingerprint density at radius 2 is 2.39 bits per heavy atom. The molecule has 0 aromatic carbocycles. The van der Waals surface area contributed by atoms with Gasteiger partial charge >= 0.3 is 0 Å². The molecule has 1 fully saturated rings. The van der Waals surface area contributed by atoms with Crippen LogP contribution in [0.4, 0.5) is 0 Å². The fourth-order valence-electron chi connectivity index (χ4n) is 2.60. The second-order valence-electron chi connectivity index (χ2n) is 6.04. The van der Waals surface area contributed by atoms with E-state index in [9.17, 15) is 4.79 Å². The highest BCUT2D eigenvalue weighted by Gasteiger charge is 2.32. The number of aryl methyl sites for hydroxylation is 1. The van der Waals surface area contributed by atoms with E-state index in [1.165, 1.54) is 0 Å². The predicted octanol–water partition coefficient (Wildman–Crippen LogP) is 1.11. The zero-order chi connectivity index (χ0) is 13.3. The number of rotatable bonds is 3. The number of nitrogens with zero attached hydrogens (tertiary/aromatic N) is 2. The van der Waals surface area contributed by atoms with Crippen LogP contribution in [0.3, 0.4) is 0 Å². The van der Waals surface area contributed by atoms with E-state index in [1.54, 1.807) is 17.1 Å². The maximum absolute atomic E-state index is 12.0. The van der Waals surface area contributed by atoms with Crippen LogP contribution in [-0.2, 0) is 11.8 Å². The highest BCUT2D eigenvalue weighted by atomic mass is 16.2. The van der Waals surface area contributed by atoms with Crippen LogP contribution in [0.2, 0.25) is 0 Å². The summed E-state index contributed by atoms with van der Waals surface area (Å²) >= 11 is 0. The first-order valence-electron chi connectivity index (χ1n) is 6.42. The van der Waals surface area contributed by atoms with Crippen LogP contribution in [0.5, 0.6) is 0 Å². The Morgan fingerprint density at radius 1 is 1.67 bits per heavy atom. The van der Waals surface area contributed by atoms with Crippen molar-refractivity contribution >= 4 is 5.91 Å². The largest absolute Gasteiger partial charge is 0.352 e. The monoisotopic (exact) mass is 250 g/mol. The highest BCUT2D eigenvalue weighted by Crippen LogP contribution is 2.37. The molecule has 1 saturated carbocycles. The van der Waals surface area contributed by atoms with Gasteiger partial charge in [-0.15, -0.1) is 0 Å². The number of nitrogens with one attached hydrogen (secondary N) is 1. The Bertz CT molecular complexity index is 438. The second kappa shape index (κ2) is 4.72. The lowest BCUT2D eigenvalue weighted by Crippen LogP contribution is -2.39. The maximum atomic E-state index is 12.0. The van der Waals surface area contributed by atoms with E-state index in [-0.39, 0.29) is 11.9 Å². The van der Waals surface area contributed by atoms with Crippen molar-refractivity contribution in [2.75, 3.05) is 0 Å². The van der Waals surface area contributed by atoms with E-state index in [2.05, 4.69) is 24.3 Å². The summed E-state index contributed by atoms with van der Waals surface area (Å²) in [6.45, 7) is 4.47. The maximum Gasteiger partial charge on any atom is 0.241 e. The molecule has 3 N–H and O–H groups in total. The van der Waals surface area contributed by atoms with E-state index < -0.39 is 6.04 Å². The van der Waals surface area contributed by atoms with E-state index in [0.717, 1.165) is 24.8 Å². The standard InChI is InChI=1S/C13H22N4O/c1-13(2)5-4-10(6-13)16-12(18)11(14)9-7-15-17(3)8-9/h7-8,10-11H,4-6,14H2,1-3H3,(H,16,18). The van der Waals surface area contributed by atoms with Gasteiger partial charge < -0.3 is 11.1 Å². The number of carbonyl (C=O) groups excluding carboxylic acids is 1. The van der Waals surface area contributed by atoms with Crippen molar-refractivity contribution < 1.29 is 4.79 Å². The molecule has 1 aliphatic rings. The molecule has 1 amide bonds. The molecule has 0 saturated heterocycles. The molecule has 0 spiro atoms. The number of carbonyl (C=O) groups is 1. The molecule has 2 unspecified atom stereocenters. The van der Waals surface area contributed by atoms with Gasteiger partial charge in [-0.25, -0.2) is 0 Å². The van der Waals surface area contributed by atoms with Crippen LogP contribution >= 0.6 is 0 Å². The average Bonchev–Trinajstić information content (AvgIpc) is 2.84. The van der Waals surface area contributed by atoms with E-state index in [4.69, 9.17) is 5.73 Å². The minimum atomic E-state index is -0.623. The summed E-state index contributed by atoms with van der Waals surface area (Å²) in [4.78, 5) is 12.0. The van der Waals surface area contributed by atoms with Gasteiger partial charge in [-0.1, -0.05) is 13.8 Å². The van der Waals surface area contributed by atoms with Crippen molar-refractivity contribution in [3.8, 4) is 0 Å². The van der Waals surface area contributed by atoms with E-state index in [0.29, 0.717) is 5.41 Å². The van der Waals surface area contributed by atoms with Gasteiger partial charge in [-0.05, 0) is 24.7 Å². The Hall–Kier alpha value is -1.36. The van der Waals surface area contributed by atoms with Crippen molar-refractivity contribution in [3.05, 3.63) is 18.0 Å². The van der Waals surface area contributed by atoms with Crippen molar-refractivity contribution in [2.45, 2.75) is 45.2 Å². The Labute approximate surface area is 108 Å². The lowest BCUT2D eigenvalue weighted by atomic mass is 9.92. The summed E-state index contributed by atoms with van der Waals surface area (Å²) in [5.74, 6) is -0.106. The SMILES string of the molecule is Cn1cc(C(N)C(=O)NC2CCC(C)(C)C2)cn1. The molecule has 18 heavy (non-hydrogen) atoms. The molecular formula is C13H22N4O. The van der Waals surface area contributed by atoms with Crippen molar-refractivity contribution in [3.63, 3.8) is 0 Å². The normalized spacial score (nSPS) is 23.9. The molecule has 2 atom stereocenters. The van der Waals surface area contributed by atoms with Crippen molar-refractivity contribution in [1.82, 2.24) is 15.1 Å². The fraction of sp³-hybridized carbons (Fsp3) is 0.692. The van der Waals surface area contributed by atoms with Gasteiger partial charge in [0.1, 0.15) is 6.04 Å². The first-order valence-corrected chi connectivity index (χ1v) is 6.42. The van der Waals surface area contributed by atoms with Gasteiger partial charge in [0.15, 0.2) is 0 Å². The zero-order valence-electron chi connectivity index (χ0n) is 11.3. The lowest BCUT2D eigenvalue weighted by Gasteiger charge is -2.19. The Kier molecular flexibility index (Phi) is 3.43. The highest BCUT2D eigenvalue weighted by molar-refractivity contribution is 5.83. The van der Waals surface area contributed by atoms with Gasteiger partial charge in [-0.3, -0.25) is 9.48 Å². The van der Waals surface area contributed by atoms with Gasteiger partial charge in [0.2, 0.25) is 5.91 Å². The Morgan fingerprint density at radius 3 is 2.89 bits per heavy atom. The van der Waals surface area contributed by atoms with Crippen LogP contribution < -0.4 is 11.1 Å². The summed E-state index contributed by atoms with van der Waals surface area (Å²) in [7, 11) is 1.81. The third-order valence-corrected chi connectivity index (χ3v) is 3.68. The number of hydrogen-bond donors (Lipinski definition) is 2. The summed E-state index contributed by atoms with van der Waals surface area (Å²) < 4.78 is 1.65. The molecule has 1 aliphatic carbocycles. The molecule has 2 rings (SSSR count). The summed E-state index contributed by atoms with van der Waals surface area (Å²) in [5.41, 5.74) is 7.02. The minimum Gasteiger partial charge on any atom is -0.352 e. The molecule has 0 bridgehead atoms. The minimum absolute atomic E-state index is 0.106. The number of amides is 1. The predicted molar refractivity (Wildman–Crippen MR) is 69.7 cm³/mol. The fourth-order valence-corrected chi connectivity index (χ4v) is 2.60. The molecule has 1 aromatic heterocycles. The van der Waals surface area contributed by atoms with Crippen LogP contribution in [-0.4, -0.2) is 21.7 Å². The van der Waals surface area contributed by atoms with Gasteiger partial charge in [0.05, 0.1) is 6.20 Å². The van der Waals surface area contributed by atoms with Crippen LogP contribution in [0.25, 0.3) is 0 Å². The van der Waals surface area contributed by atoms with E-state index >= 15 is 0 Å². The lowest BCUT2D eigenvalue weighted by molar-refractivity contribution is -0.123. The topological polar surface area (TPSA) is 72.9 Å². The van der Waals surface area contributed by atoms with Crippen LogP contribution in [0.1, 0.15) is 44.7 Å². The number of hydrogen-bond acceptors (Lipinski definition) is 3. The van der Waals surface area contributed by atoms with Gasteiger partial charge in [0.25, 0.3) is 0 Å². The molecule has 1 heterocycles. The van der Waals surface area contributed by atoms with Crippen LogP contribution in [0, 0.1) is 5.41 Å². The molecule has 0 aliphatic heterocycles. The van der Waals surface area contributed by atoms with Gasteiger partial charge in [-0.2, -0.15) is 5.10 Å². The summed E-state index contributed by atoms with van der Waals surface area (Å²) in [6.07, 6.45) is 6.64. The summed E-state index contributed by atoms with van der Waals surface area (Å²) in [5, 5.41) is 7.07. The third kappa shape index (κ3) is 2.90. The average molecular weight is 250 g/mol. The van der Waals surface area contributed by atoms with Gasteiger partial charge in [0, 0.05) is 24.8 Å². The zero-order valence-corrected chi connectivity index (χ0v) is 11.3. The molecule has 100 valence electrons. The second-order valence-corrected chi connectivity index (χ2v) is 6.04. The quantitative estimate of drug-likeness (QED) is 0.844. The smallest absolute Gasteiger partial charge is 0.241 e. The summed E-state index contributed by atoms with van der Waals surface area (Å²) in [6, 6.07) is -0.363. The van der Waals surface area contributed by atoms with Crippen LogP contribution in [0.15, 0.2) is 12.4 Å². The molecule has 5 heteroatoms. The van der Waals surface area contributed by atoms with E-state index in [1.807, 2.05) is 7.05 Å². The Balaban J connectivity index is 1.92. The van der Waals surface area contributed by atoms with Crippen molar-refractivity contribution in [2.24, 2.45) is 18.2 Å². The first-order chi connectivity index (χ1) is 8.37. The molecule has 5 nitrogen and oxygen atoms in total. The first kappa shape index (κ1) is 13.1. The number of aromatic nitrogens is 2.